The minimum absolute atomic E-state index is 0.0222. The van der Waals surface area contributed by atoms with Gasteiger partial charge < -0.3 is 40.5 Å². The molecule has 2 aromatic heterocycles. The Bertz CT molecular complexity index is 1250. The van der Waals surface area contributed by atoms with E-state index in [1.54, 1.807) is 4.90 Å². The molecule has 14 heteroatoms. The average molecular weight is 559 g/mol. The molecule has 4 fully saturated rings. The number of aliphatic hydroxyl groups excluding tert-OH is 2. The molecule has 1 aliphatic carbocycles. The highest BCUT2D eigenvalue weighted by Crippen LogP contribution is 2.33. The van der Waals surface area contributed by atoms with Gasteiger partial charge in [0.1, 0.15) is 29.7 Å². The number of likely N-dealkylation sites (tertiary alicyclic amines) is 2. The topological polar surface area (TPSA) is 181 Å². The monoisotopic (exact) mass is 558 g/mol. The summed E-state index contributed by atoms with van der Waals surface area (Å²) in [6.07, 6.45) is 2.05. The van der Waals surface area contributed by atoms with Gasteiger partial charge in [-0.05, 0) is 51.5 Å². The molecule has 5 N–H and O–H groups in total. The summed E-state index contributed by atoms with van der Waals surface area (Å²) in [4.78, 5) is 42.4. The second kappa shape index (κ2) is 11.1. The Morgan fingerprint density at radius 3 is 2.60 bits per heavy atom. The third kappa shape index (κ3) is 5.57. The molecule has 218 valence electrons. The van der Waals surface area contributed by atoms with E-state index in [1.165, 1.54) is 10.9 Å². The van der Waals surface area contributed by atoms with Crippen LogP contribution >= 0.6 is 0 Å². The van der Waals surface area contributed by atoms with Crippen molar-refractivity contribution in [3.8, 4) is 0 Å². The zero-order valence-electron chi connectivity index (χ0n) is 22.7. The van der Waals surface area contributed by atoms with E-state index in [1.807, 2.05) is 7.05 Å². The number of aryl methyl sites for hydroxylation is 1. The third-order valence-electron chi connectivity index (χ3n) is 8.45. The fourth-order valence-corrected chi connectivity index (χ4v) is 5.85. The van der Waals surface area contributed by atoms with E-state index in [0.717, 1.165) is 51.6 Å². The summed E-state index contributed by atoms with van der Waals surface area (Å²) in [6, 6.07) is 0.101. The van der Waals surface area contributed by atoms with Crippen LogP contribution in [-0.4, -0.2) is 115 Å². The fraction of sp³-hybridized carbons (Fsp3) is 0.731. The Hall–Kier alpha value is -3.07. The number of fused-ring (bicyclic) bond motifs is 1. The molecule has 2 amide bonds. The molecular formula is C26H38N8O6. The van der Waals surface area contributed by atoms with Crippen molar-refractivity contribution in [2.75, 3.05) is 39.0 Å². The lowest BCUT2D eigenvalue weighted by molar-refractivity contribution is -0.137. The molecule has 6 rings (SSSR count). The largest absolute Gasteiger partial charge is 0.445 e. The maximum atomic E-state index is 12.6. The van der Waals surface area contributed by atoms with Gasteiger partial charge in [0.05, 0.1) is 6.33 Å². The van der Waals surface area contributed by atoms with Crippen LogP contribution < -0.4 is 11.1 Å². The quantitative estimate of drug-likeness (QED) is 0.353. The van der Waals surface area contributed by atoms with Crippen molar-refractivity contribution < 1.29 is 29.3 Å². The Kier molecular flexibility index (Phi) is 7.50. The van der Waals surface area contributed by atoms with E-state index in [-0.39, 0.29) is 24.1 Å². The summed E-state index contributed by atoms with van der Waals surface area (Å²) in [7, 11) is 2.03. The molecule has 14 nitrogen and oxygen atoms in total. The van der Waals surface area contributed by atoms with Gasteiger partial charge in [-0.1, -0.05) is 0 Å². The summed E-state index contributed by atoms with van der Waals surface area (Å²) < 4.78 is 13.0. The molecule has 1 saturated carbocycles. The van der Waals surface area contributed by atoms with Gasteiger partial charge in [-0.15, -0.1) is 0 Å². The lowest BCUT2D eigenvalue weighted by Gasteiger charge is -2.32. The summed E-state index contributed by atoms with van der Waals surface area (Å²) in [6.45, 7) is 3.07. The van der Waals surface area contributed by atoms with Crippen LogP contribution in [-0.2, 0) is 20.7 Å². The zero-order valence-corrected chi connectivity index (χ0v) is 22.7. The van der Waals surface area contributed by atoms with E-state index >= 15 is 0 Å². The number of rotatable bonds is 7. The second-order valence-corrected chi connectivity index (χ2v) is 11.6. The van der Waals surface area contributed by atoms with Gasteiger partial charge in [-0.3, -0.25) is 9.36 Å². The molecule has 4 aliphatic rings. The Labute approximate surface area is 231 Å². The van der Waals surface area contributed by atoms with Gasteiger partial charge in [0.25, 0.3) is 5.91 Å². The van der Waals surface area contributed by atoms with Gasteiger partial charge in [-0.25, -0.2) is 19.7 Å². The minimum Gasteiger partial charge on any atom is -0.445 e. The van der Waals surface area contributed by atoms with Crippen molar-refractivity contribution in [2.24, 2.45) is 5.92 Å². The molecule has 40 heavy (non-hydrogen) atoms. The van der Waals surface area contributed by atoms with Gasteiger partial charge in [0, 0.05) is 38.6 Å². The number of imidazole rings is 1. The number of nitrogens with one attached hydrogen (secondary N) is 1. The molecule has 0 spiro atoms. The fourth-order valence-electron chi connectivity index (χ4n) is 5.85. The van der Waals surface area contributed by atoms with Gasteiger partial charge in [-0.2, -0.15) is 0 Å². The Morgan fingerprint density at radius 2 is 1.90 bits per heavy atom. The molecule has 3 aliphatic heterocycles. The van der Waals surface area contributed by atoms with E-state index in [4.69, 9.17) is 15.2 Å². The van der Waals surface area contributed by atoms with Crippen LogP contribution in [0.3, 0.4) is 0 Å². The van der Waals surface area contributed by atoms with Crippen molar-refractivity contribution in [3.05, 3.63) is 12.2 Å². The number of likely N-dealkylation sites (N-methyl/N-ethyl adjacent to an activating group) is 1. The van der Waals surface area contributed by atoms with E-state index in [2.05, 4.69) is 25.2 Å². The number of anilines is 1. The van der Waals surface area contributed by atoms with Crippen molar-refractivity contribution >= 4 is 29.0 Å². The molecule has 0 bridgehead atoms. The van der Waals surface area contributed by atoms with Gasteiger partial charge in [0.2, 0.25) is 0 Å². The average Bonchev–Trinajstić information content (AvgIpc) is 3.36. The van der Waals surface area contributed by atoms with E-state index in [0.29, 0.717) is 42.4 Å². The van der Waals surface area contributed by atoms with Crippen molar-refractivity contribution in [1.82, 2.24) is 34.6 Å². The standard InChI is InChI=1S/C26H38N8O6/c1-32-9-8-16(12-32)39-26(38)33-10-6-14(7-11-33)2-5-17-30-22(27)18-23(31-17)34(13-28-18)25-20(36)19(35)21(40-25)24(37)29-15-3-4-15/h13-16,19-21,25,35-36H,2-12H2,1H3,(H,29,37)(H2,27,30,31)/t16?,19?,20?,21-,25+/m0/s1. The first-order valence-electron chi connectivity index (χ1n) is 14.2. The van der Waals surface area contributed by atoms with Crippen molar-refractivity contribution in [3.63, 3.8) is 0 Å². The number of aromatic nitrogens is 4. The number of piperidine rings is 1. The lowest BCUT2D eigenvalue weighted by atomic mass is 9.92. The highest BCUT2D eigenvalue weighted by molar-refractivity contribution is 5.83. The molecule has 5 atom stereocenters. The number of nitrogen functional groups attached to an aromatic ring is 1. The van der Waals surface area contributed by atoms with Crippen LogP contribution in [0.4, 0.5) is 10.6 Å². The zero-order chi connectivity index (χ0) is 28.0. The molecule has 3 unspecified atom stereocenters. The number of carbonyl (C=O) groups is 2. The van der Waals surface area contributed by atoms with Crippen molar-refractivity contribution in [1.29, 1.82) is 0 Å². The summed E-state index contributed by atoms with van der Waals surface area (Å²) in [5.41, 5.74) is 6.93. The first-order chi connectivity index (χ1) is 19.3. The molecule has 0 radical (unpaired) electrons. The van der Waals surface area contributed by atoms with E-state index in [9.17, 15) is 19.8 Å². The number of carbonyl (C=O) groups excluding carboxylic acids is 2. The molecular weight excluding hydrogens is 520 g/mol. The van der Waals surface area contributed by atoms with Gasteiger partial charge in [0.15, 0.2) is 23.8 Å². The number of amides is 2. The highest BCUT2D eigenvalue weighted by Gasteiger charge is 2.48. The highest BCUT2D eigenvalue weighted by atomic mass is 16.6. The molecule has 2 aromatic rings. The summed E-state index contributed by atoms with van der Waals surface area (Å²) in [5, 5.41) is 24.0. The number of hydrogen-bond acceptors (Lipinski definition) is 11. The SMILES string of the molecule is CN1CCC(OC(=O)N2CCC(CCc3nc(N)c4ncn([C@@H]5O[C@H](C(=O)NC6CC6)C(O)C5O)c4n3)CC2)C1. The Morgan fingerprint density at radius 1 is 1.12 bits per heavy atom. The number of nitrogens with two attached hydrogens (primary N) is 1. The summed E-state index contributed by atoms with van der Waals surface area (Å²) >= 11 is 0. The van der Waals surface area contributed by atoms with Crippen LogP contribution in [0.5, 0.6) is 0 Å². The van der Waals surface area contributed by atoms with Crippen LogP contribution in [0.2, 0.25) is 0 Å². The number of nitrogens with zero attached hydrogens (tertiary/aromatic N) is 6. The molecule has 0 aromatic carbocycles. The van der Waals surface area contributed by atoms with Crippen LogP contribution in [0.1, 0.15) is 50.6 Å². The number of ether oxygens (including phenoxy) is 2. The molecule has 5 heterocycles. The predicted octanol–water partition coefficient (Wildman–Crippen LogP) is -0.208. The first-order valence-corrected chi connectivity index (χ1v) is 14.2. The summed E-state index contributed by atoms with van der Waals surface area (Å²) in [5.74, 6) is 0.717. The minimum atomic E-state index is -1.39. The van der Waals surface area contributed by atoms with Crippen molar-refractivity contribution in [2.45, 2.75) is 81.6 Å². The van der Waals surface area contributed by atoms with Crippen LogP contribution in [0, 0.1) is 5.92 Å². The maximum Gasteiger partial charge on any atom is 0.410 e. The first kappa shape index (κ1) is 27.1. The number of aliphatic hydroxyl groups is 2. The normalized spacial score (nSPS) is 29.8. The second-order valence-electron chi connectivity index (χ2n) is 11.6. The van der Waals surface area contributed by atoms with Crippen LogP contribution in [0.25, 0.3) is 11.2 Å². The van der Waals surface area contributed by atoms with Crippen LogP contribution in [0.15, 0.2) is 6.33 Å². The number of hydrogen-bond donors (Lipinski definition) is 4. The third-order valence-corrected chi connectivity index (χ3v) is 8.45. The van der Waals surface area contributed by atoms with Gasteiger partial charge >= 0.3 is 6.09 Å². The lowest BCUT2D eigenvalue weighted by Crippen LogP contribution is -2.43. The predicted molar refractivity (Wildman–Crippen MR) is 142 cm³/mol. The van der Waals surface area contributed by atoms with E-state index < -0.39 is 30.4 Å². The molecule has 3 saturated heterocycles. The Balaban J connectivity index is 1.06. The maximum absolute atomic E-state index is 12.6. The smallest absolute Gasteiger partial charge is 0.410 e.